The van der Waals surface area contributed by atoms with Crippen LogP contribution in [0.3, 0.4) is 0 Å². The third-order valence-corrected chi connectivity index (χ3v) is 2.35. The van der Waals surface area contributed by atoms with Crippen LogP contribution in [0.2, 0.25) is 5.02 Å². The molecule has 4 nitrogen and oxygen atoms in total. The van der Waals surface area contributed by atoms with Crippen molar-refractivity contribution in [1.82, 2.24) is 15.0 Å². The molecule has 0 unspecified atom stereocenters. The monoisotopic (exact) mass is 239 g/mol. The zero-order valence-corrected chi connectivity index (χ0v) is 9.07. The highest BCUT2D eigenvalue weighted by atomic mass is 35.5. The minimum absolute atomic E-state index is 0.0255. The summed E-state index contributed by atoms with van der Waals surface area (Å²) in [6.07, 6.45) is 1.35. The Morgan fingerprint density at radius 3 is 2.88 bits per heavy atom. The van der Waals surface area contributed by atoms with E-state index in [1.165, 1.54) is 36.0 Å². The third kappa shape index (κ3) is 1.81. The molecule has 0 atom stereocenters. The van der Waals surface area contributed by atoms with Crippen LogP contribution < -0.4 is 0 Å². The Kier molecular flexibility index (Phi) is 2.70. The highest BCUT2D eigenvalue weighted by molar-refractivity contribution is 6.30. The topological polar surface area (TPSA) is 47.8 Å². The summed E-state index contributed by atoms with van der Waals surface area (Å²) >= 11 is 5.64. The van der Waals surface area contributed by atoms with Crippen LogP contribution in [-0.4, -0.2) is 20.8 Å². The van der Waals surface area contributed by atoms with E-state index in [4.69, 9.17) is 11.6 Å². The summed E-state index contributed by atoms with van der Waals surface area (Å²) in [5, 5.41) is 7.34. The predicted octanol–water partition coefficient (Wildman–Crippen LogP) is 2.26. The van der Waals surface area contributed by atoms with Gasteiger partial charge < -0.3 is 0 Å². The van der Waals surface area contributed by atoms with Gasteiger partial charge in [0.05, 0.1) is 16.9 Å². The number of nitrogens with zero attached hydrogens (tertiary/aromatic N) is 3. The van der Waals surface area contributed by atoms with Gasteiger partial charge in [-0.2, -0.15) is 0 Å². The minimum atomic E-state index is -0.519. The van der Waals surface area contributed by atoms with Crippen molar-refractivity contribution in [2.24, 2.45) is 0 Å². The fraction of sp³-hybridized carbons (Fsp3) is 0.100. The van der Waals surface area contributed by atoms with Crippen molar-refractivity contribution in [3.05, 3.63) is 40.9 Å². The number of carbonyl (C=O) groups excluding carboxylic acids is 1. The second kappa shape index (κ2) is 4.02. The van der Waals surface area contributed by atoms with Gasteiger partial charge in [-0.15, -0.1) is 5.10 Å². The number of carbonyl (C=O) groups is 1. The van der Waals surface area contributed by atoms with E-state index in [-0.39, 0.29) is 10.8 Å². The Morgan fingerprint density at radius 1 is 1.50 bits per heavy atom. The molecule has 0 saturated heterocycles. The third-order valence-electron chi connectivity index (χ3n) is 2.06. The standard InChI is InChI=1S/C10H7ClFN3O/c1-6(16)10-5-13-14-15(10)7-2-3-9(12)8(11)4-7/h2-5H,1H3. The average molecular weight is 240 g/mol. The molecule has 0 saturated carbocycles. The fourth-order valence-electron chi connectivity index (χ4n) is 1.28. The lowest BCUT2D eigenvalue weighted by molar-refractivity contribution is 0.101. The Labute approximate surface area is 95.6 Å². The van der Waals surface area contributed by atoms with Crippen molar-refractivity contribution in [3.8, 4) is 5.69 Å². The van der Waals surface area contributed by atoms with Gasteiger partial charge in [0.25, 0.3) is 0 Å². The molecule has 1 aromatic heterocycles. The summed E-state index contributed by atoms with van der Waals surface area (Å²) in [5.41, 5.74) is 0.816. The van der Waals surface area contributed by atoms with Gasteiger partial charge in [-0.1, -0.05) is 16.8 Å². The van der Waals surface area contributed by atoms with Crippen LogP contribution >= 0.6 is 11.6 Å². The van der Waals surface area contributed by atoms with E-state index in [0.717, 1.165) is 0 Å². The summed E-state index contributed by atoms with van der Waals surface area (Å²) in [6, 6.07) is 4.07. The van der Waals surface area contributed by atoms with Crippen molar-refractivity contribution < 1.29 is 9.18 Å². The van der Waals surface area contributed by atoms with Crippen LogP contribution in [0.25, 0.3) is 5.69 Å². The number of hydrogen-bond acceptors (Lipinski definition) is 3. The first-order valence-corrected chi connectivity index (χ1v) is 4.84. The lowest BCUT2D eigenvalue weighted by atomic mass is 10.3. The van der Waals surface area contributed by atoms with Crippen molar-refractivity contribution >= 4 is 17.4 Å². The number of hydrogen-bond donors (Lipinski definition) is 0. The SMILES string of the molecule is CC(=O)c1cnnn1-c1ccc(F)c(Cl)c1. The first-order chi connectivity index (χ1) is 7.59. The molecule has 0 amide bonds. The van der Waals surface area contributed by atoms with E-state index in [1.54, 1.807) is 0 Å². The molecule has 0 spiro atoms. The quantitative estimate of drug-likeness (QED) is 0.756. The van der Waals surface area contributed by atoms with Gasteiger partial charge in [-0.05, 0) is 18.2 Å². The highest BCUT2D eigenvalue weighted by Crippen LogP contribution is 2.19. The predicted molar refractivity (Wildman–Crippen MR) is 56.3 cm³/mol. The largest absolute Gasteiger partial charge is 0.293 e. The lowest BCUT2D eigenvalue weighted by Crippen LogP contribution is -2.06. The molecule has 0 aliphatic rings. The summed E-state index contributed by atoms with van der Waals surface area (Å²) < 4.78 is 14.3. The number of benzene rings is 1. The van der Waals surface area contributed by atoms with E-state index >= 15 is 0 Å². The number of Topliss-reactive ketones (excluding diaryl/α,β-unsaturated/α-hetero) is 1. The molecule has 6 heteroatoms. The molecule has 0 aliphatic carbocycles. The van der Waals surface area contributed by atoms with Gasteiger partial charge in [0, 0.05) is 6.92 Å². The number of ketones is 1. The maximum atomic E-state index is 13.0. The Morgan fingerprint density at radius 2 is 2.25 bits per heavy atom. The van der Waals surface area contributed by atoms with Crippen molar-refractivity contribution in [2.75, 3.05) is 0 Å². The first kappa shape index (κ1) is 10.8. The molecule has 2 rings (SSSR count). The zero-order valence-electron chi connectivity index (χ0n) is 8.32. The van der Waals surface area contributed by atoms with Gasteiger partial charge in [-0.25, -0.2) is 9.07 Å². The highest BCUT2D eigenvalue weighted by Gasteiger charge is 2.11. The van der Waals surface area contributed by atoms with Crippen LogP contribution in [-0.2, 0) is 0 Å². The van der Waals surface area contributed by atoms with Crippen LogP contribution in [0, 0.1) is 5.82 Å². The molecule has 0 radical (unpaired) electrons. The van der Waals surface area contributed by atoms with E-state index in [0.29, 0.717) is 11.4 Å². The summed E-state index contributed by atoms with van der Waals surface area (Å²) in [5.74, 6) is -0.694. The maximum absolute atomic E-state index is 13.0. The Bertz CT molecular complexity index is 553. The molecule has 0 N–H and O–H groups in total. The molecule has 1 heterocycles. The molecule has 82 valence electrons. The molecule has 1 aromatic carbocycles. The van der Waals surface area contributed by atoms with Crippen LogP contribution in [0.15, 0.2) is 24.4 Å². The van der Waals surface area contributed by atoms with Crippen molar-refractivity contribution in [3.63, 3.8) is 0 Å². The van der Waals surface area contributed by atoms with Gasteiger partial charge in [-0.3, -0.25) is 4.79 Å². The normalized spacial score (nSPS) is 10.4. The average Bonchev–Trinajstić information content (AvgIpc) is 2.71. The van der Waals surface area contributed by atoms with Crippen LogP contribution in [0.5, 0.6) is 0 Å². The molecular weight excluding hydrogens is 233 g/mol. The number of aromatic nitrogens is 3. The van der Waals surface area contributed by atoms with Crippen LogP contribution in [0.4, 0.5) is 4.39 Å². The van der Waals surface area contributed by atoms with Crippen molar-refractivity contribution in [2.45, 2.75) is 6.92 Å². The van der Waals surface area contributed by atoms with Gasteiger partial charge >= 0.3 is 0 Å². The minimum Gasteiger partial charge on any atom is -0.293 e. The lowest BCUT2D eigenvalue weighted by Gasteiger charge is -2.04. The Hall–Kier alpha value is -1.75. The second-order valence-corrected chi connectivity index (χ2v) is 3.59. The zero-order chi connectivity index (χ0) is 11.7. The van der Waals surface area contributed by atoms with Crippen LogP contribution in [0.1, 0.15) is 17.4 Å². The second-order valence-electron chi connectivity index (χ2n) is 3.19. The van der Waals surface area contributed by atoms with Gasteiger partial charge in [0.1, 0.15) is 11.5 Å². The van der Waals surface area contributed by atoms with E-state index in [9.17, 15) is 9.18 Å². The molecule has 0 fully saturated rings. The van der Waals surface area contributed by atoms with E-state index in [1.807, 2.05) is 0 Å². The maximum Gasteiger partial charge on any atom is 0.179 e. The van der Waals surface area contributed by atoms with E-state index in [2.05, 4.69) is 10.3 Å². The molecule has 16 heavy (non-hydrogen) atoms. The molecular formula is C10H7ClFN3O. The molecule has 0 bridgehead atoms. The van der Waals surface area contributed by atoms with E-state index < -0.39 is 5.82 Å². The smallest absolute Gasteiger partial charge is 0.179 e. The summed E-state index contributed by atoms with van der Waals surface area (Å²) in [4.78, 5) is 11.2. The Balaban J connectivity index is 2.54. The number of halogens is 2. The molecule has 2 aromatic rings. The summed E-state index contributed by atoms with van der Waals surface area (Å²) in [6.45, 7) is 1.40. The molecule has 0 aliphatic heterocycles. The number of rotatable bonds is 2. The first-order valence-electron chi connectivity index (χ1n) is 4.46. The summed E-state index contributed by atoms with van der Waals surface area (Å²) in [7, 11) is 0. The fourth-order valence-corrected chi connectivity index (χ4v) is 1.46. The van der Waals surface area contributed by atoms with Crippen molar-refractivity contribution in [1.29, 1.82) is 0 Å². The van der Waals surface area contributed by atoms with Gasteiger partial charge in [0.2, 0.25) is 0 Å². The van der Waals surface area contributed by atoms with Gasteiger partial charge in [0.15, 0.2) is 5.78 Å².